The molecule has 0 aliphatic heterocycles. The van der Waals surface area contributed by atoms with E-state index in [1.54, 1.807) is 6.07 Å². The summed E-state index contributed by atoms with van der Waals surface area (Å²) in [6.45, 7) is 0.704. The van der Waals surface area contributed by atoms with E-state index in [2.05, 4.69) is 61.7 Å². The fourth-order valence-corrected chi connectivity index (χ4v) is 7.35. The number of aromatic nitrogens is 3. The molecular formula is C53H51N3O. The van der Waals surface area contributed by atoms with E-state index in [0.717, 1.165) is 50.1 Å². The molecule has 4 nitrogen and oxygen atoms in total. The lowest BCUT2D eigenvalue weighted by atomic mass is 9.83. The van der Waals surface area contributed by atoms with Crippen molar-refractivity contribution in [3.63, 3.8) is 0 Å². The third-order valence-electron chi connectivity index (χ3n) is 10.3. The molecule has 0 aliphatic carbocycles. The normalized spacial score (nSPS) is 16.0. The Morgan fingerprint density at radius 1 is 0.596 bits per heavy atom. The topological polar surface area (TPSA) is 50.9 Å². The van der Waals surface area contributed by atoms with Crippen molar-refractivity contribution in [2.24, 2.45) is 0 Å². The van der Waals surface area contributed by atoms with Crippen molar-refractivity contribution in [1.29, 1.82) is 0 Å². The smallest absolute Gasteiger partial charge is 0.149 e. The number of pyridine rings is 1. The summed E-state index contributed by atoms with van der Waals surface area (Å²) in [6.07, 6.45) is 1.43. The Morgan fingerprint density at radius 2 is 1.33 bits per heavy atom. The van der Waals surface area contributed by atoms with Crippen LogP contribution < -0.4 is 0 Å². The summed E-state index contributed by atoms with van der Waals surface area (Å²) in [4.78, 5) is 10.1. The van der Waals surface area contributed by atoms with Crippen LogP contribution in [-0.4, -0.2) is 19.6 Å². The summed E-state index contributed by atoms with van der Waals surface area (Å²) in [5.74, 6) is 0.655. The van der Waals surface area contributed by atoms with Crippen LogP contribution >= 0.6 is 0 Å². The zero-order valence-corrected chi connectivity index (χ0v) is 32.8. The number of imidazole rings is 1. The van der Waals surface area contributed by atoms with Crippen LogP contribution in [0.5, 0.6) is 5.75 Å². The van der Waals surface area contributed by atoms with Crippen LogP contribution in [-0.2, 0) is 10.8 Å². The van der Waals surface area contributed by atoms with Crippen LogP contribution in [0.4, 0.5) is 0 Å². The number of hydrogen-bond acceptors (Lipinski definition) is 3. The molecule has 0 bridgehead atoms. The minimum atomic E-state index is -3.80. The molecule has 2 heterocycles. The number of nitrogens with zero attached hydrogens (tertiary/aromatic N) is 3. The highest BCUT2D eigenvalue weighted by atomic mass is 16.3. The van der Waals surface area contributed by atoms with Gasteiger partial charge in [0.05, 0.1) is 27.8 Å². The van der Waals surface area contributed by atoms with Crippen molar-refractivity contribution in [2.45, 2.75) is 72.9 Å². The van der Waals surface area contributed by atoms with E-state index in [1.807, 2.05) is 81.4 Å². The van der Waals surface area contributed by atoms with Gasteiger partial charge >= 0.3 is 0 Å². The van der Waals surface area contributed by atoms with Crippen LogP contribution in [0.3, 0.4) is 0 Å². The Labute approximate surface area is 355 Å². The third-order valence-corrected chi connectivity index (χ3v) is 10.3. The second-order valence-electron chi connectivity index (χ2n) is 15.8. The molecule has 0 saturated heterocycles. The number of para-hydroxylation sites is 1. The highest BCUT2D eigenvalue weighted by molar-refractivity contribution is 5.97. The third kappa shape index (κ3) is 7.40. The summed E-state index contributed by atoms with van der Waals surface area (Å²) in [5.41, 5.74) is 5.54. The Bertz CT molecular complexity index is 3300. The highest BCUT2D eigenvalue weighted by Gasteiger charge is 2.23. The second-order valence-corrected chi connectivity index (χ2v) is 15.8. The van der Waals surface area contributed by atoms with Gasteiger partial charge in [-0.15, -0.1) is 0 Å². The van der Waals surface area contributed by atoms with Gasteiger partial charge in [0, 0.05) is 35.3 Å². The van der Waals surface area contributed by atoms with Crippen LogP contribution in [0, 0.1) is 20.8 Å². The first kappa shape index (κ1) is 25.1. The first-order valence-electron chi connectivity index (χ1n) is 25.3. The van der Waals surface area contributed by atoms with E-state index in [-0.39, 0.29) is 16.9 Å². The van der Waals surface area contributed by atoms with E-state index in [1.165, 1.54) is 12.3 Å². The van der Waals surface area contributed by atoms with Gasteiger partial charge in [-0.1, -0.05) is 126 Å². The molecule has 1 N–H and O–H groups in total. The Balaban J connectivity index is 1.35. The minimum Gasteiger partial charge on any atom is -0.507 e. The van der Waals surface area contributed by atoms with E-state index in [4.69, 9.17) is 27.8 Å². The lowest BCUT2D eigenvalue weighted by molar-refractivity contribution is 0.472. The molecule has 4 heteroatoms. The second kappa shape index (κ2) is 14.4. The molecule has 57 heavy (non-hydrogen) atoms. The van der Waals surface area contributed by atoms with Gasteiger partial charge in [0.2, 0.25) is 0 Å². The van der Waals surface area contributed by atoms with Crippen molar-refractivity contribution >= 4 is 11.0 Å². The quantitative estimate of drug-likeness (QED) is 0.184. The Hall–Kier alpha value is -6.26. The maximum absolute atomic E-state index is 11.7. The summed E-state index contributed by atoms with van der Waals surface area (Å²) in [5, 5.41) is 11.7. The Kier molecular flexibility index (Phi) is 6.32. The van der Waals surface area contributed by atoms with Gasteiger partial charge in [-0.25, -0.2) is 4.98 Å². The number of benzene rings is 6. The number of rotatable bonds is 6. The molecule has 6 aromatic carbocycles. The molecule has 8 aromatic rings. The number of aromatic hydroxyl groups is 1. The summed E-state index contributed by atoms with van der Waals surface area (Å²) in [6, 6.07) is 31.5. The molecule has 0 unspecified atom stereocenters. The van der Waals surface area contributed by atoms with Gasteiger partial charge < -0.3 is 5.11 Å². The predicted octanol–water partition coefficient (Wildman–Crippen LogP) is 14.0. The number of fused-ring (bicyclic) bond motifs is 1. The number of aryl methyl sites for hydroxylation is 3. The molecule has 0 radical (unpaired) electrons. The maximum Gasteiger partial charge on any atom is 0.149 e. The molecule has 0 aliphatic rings. The van der Waals surface area contributed by atoms with Crippen molar-refractivity contribution < 1.29 is 22.9 Å². The van der Waals surface area contributed by atoms with Gasteiger partial charge in [-0.3, -0.25) is 9.55 Å². The van der Waals surface area contributed by atoms with E-state index in [0.29, 0.717) is 33.7 Å². The summed E-state index contributed by atoms with van der Waals surface area (Å²) >= 11 is 0. The molecule has 0 saturated carbocycles. The molecule has 0 atom stereocenters. The van der Waals surface area contributed by atoms with Crippen LogP contribution in [0.25, 0.3) is 72.7 Å². The van der Waals surface area contributed by atoms with Crippen LogP contribution in [0.1, 0.15) is 87.0 Å². The fourth-order valence-electron chi connectivity index (χ4n) is 7.35. The molecule has 8 rings (SSSR count). The summed E-state index contributed by atoms with van der Waals surface area (Å²) < 4.78 is 112. The number of phenolic OH excluding ortho intramolecular Hbond substituents is 1. The fraction of sp³-hybridized carbons (Fsp3) is 0.208. The largest absolute Gasteiger partial charge is 0.507 e. The van der Waals surface area contributed by atoms with Gasteiger partial charge in [0.25, 0.3) is 0 Å². The average Bonchev–Trinajstić information content (AvgIpc) is 3.66. The SMILES string of the molecule is [2H]c1c([2H])c(C(C([2H])([2H])[2H])(C([2H])([2H])[2H])C([2H])([2H])[2H])c([2H])c([2H])c1-c1ccnc(-c2cc(-c3cccc4c3nc(-c3cc(C)cc(C)c3O)n4-c3cc(C)cc(-c4ccccc4)c3)cc(C(C)(C)C)c2)c1. The summed E-state index contributed by atoms with van der Waals surface area (Å²) in [7, 11) is 0. The predicted molar refractivity (Wildman–Crippen MR) is 239 cm³/mol. The van der Waals surface area contributed by atoms with Crippen molar-refractivity contribution in [3.05, 3.63) is 167 Å². The molecule has 2 aromatic heterocycles. The molecule has 284 valence electrons. The van der Waals surface area contributed by atoms with E-state index >= 15 is 0 Å². The monoisotopic (exact) mass is 758 g/mol. The standard InChI is InChI=1S/C53H51N3O/c1-33-24-35(3)50(57)46(27-33)51-55-49-45(16-13-17-48(49)56(51)44-26-34(2)25-39(31-44)36-14-11-10-12-15-36)40-28-41(30-43(29-40)53(7,8)9)47-32-38(22-23-54-47)37-18-20-42(21-19-37)52(4,5)6/h10-32,57H,1-9H3/i4D3,5D3,6D3,18D,19D,20D,21D. The molecule has 0 spiro atoms. The first-order valence-corrected chi connectivity index (χ1v) is 18.8. The van der Waals surface area contributed by atoms with E-state index in [9.17, 15) is 5.11 Å². The van der Waals surface area contributed by atoms with Crippen LogP contribution in [0.15, 0.2) is 140 Å². The van der Waals surface area contributed by atoms with Crippen LogP contribution in [0.2, 0.25) is 0 Å². The Morgan fingerprint density at radius 3 is 2.07 bits per heavy atom. The molecule has 0 fully saturated rings. The zero-order chi connectivity index (χ0) is 51.2. The van der Waals surface area contributed by atoms with Gasteiger partial charge in [-0.05, 0) is 136 Å². The minimum absolute atomic E-state index is 0.116. The average molecular weight is 759 g/mol. The van der Waals surface area contributed by atoms with Crippen molar-refractivity contribution in [2.75, 3.05) is 0 Å². The lowest BCUT2D eigenvalue weighted by Gasteiger charge is -2.22. The maximum atomic E-state index is 11.7. The van der Waals surface area contributed by atoms with Crippen molar-refractivity contribution in [3.8, 4) is 67.5 Å². The van der Waals surface area contributed by atoms with E-state index < -0.39 is 61.1 Å². The van der Waals surface area contributed by atoms with Gasteiger partial charge in [-0.2, -0.15) is 0 Å². The first-order chi connectivity index (χ1) is 32.6. The lowest BCUT2D eigenvalue weighted by Crippen LogP contribution is -2.11. The van der Waals surface area contributed by atoms with Crippen molar-refractivity contribution in [1.82, 2.24) is 14.5 Å². The highest BCUT2D eigenvalue weighted by Crippen LogP contribution is 2.42. The van der Waals surface area contributed by atoms with Gasteiger partial charge in [0.1, 0.15) is 11.6 Å². The zero-order valence-electron chi connectivity index (χ0n) is 45.8. The molecular weight excluding hydrogens is 695 g/mol. The van der Waals surface area contributed by atoms with Gasteiger partial charge in [0.15, 0.2) is 0 Å². The number of hydrogen-bond donors (Lipinski definition) is 1. The molecule has 0 amide bonds. The number of phenols is 1.